The summed E-state index contributed by atoms with van der Waals surface area (Å²) >= 11 is 1.50. The van der Waals surface area contributed by atoms with Crippen molar-refractivity contribution >= 4 is 32.6 Å². The zero-order valence-corrected chi connectivity index (χ0v) is 19.0. The van der Waals surface area contributed by atoms with Gasteiger partial charge < -0.3 is 18.9 Å². The normalized spacial score (nSPS) is 15.8. The van der Waals surface area contributed by atoms with Gasteiger partial charge in [0.05, 0.1) is 44.2 Å². The van der Waals surface area contributed by atoms with E-state index in [1.807, 2.05) is 19.1 Å². The Morgan fingerprint density at radius 2 is 1.90 bits per heavy atom. The smallest absolute Gasteiger partial charge is 0.260 e. The zero-order chi connectivity index (χ0) is 22.0. The number of methoxy groups -OCH3 is 3. The van der Waals surface area contributed by atoms with E-state index in [1.165, 1.54) is 32.7 Å². The number of aryl methyl sites for hydroxylation is 1. The maximum Gasteiger partial charge on any atom is 0.260 e. The molecular weight excluding hydrogens is 416 g/mol. The molecule has 164 valence electrons. The molecule has 2 aromatic carbocycles. The van der Waals surface area contributed by atoms with Gasteiger partial charge in [0.1, 0.15) is 0 Å². The molecule has 1 saturated heterocycles. The van der Waals surface area contributed by atoms with Crippen molar-refractivity contribution in [2.75, 3.05) is 39.4 Å². The third-order valence-corrected chi connectivity index (χ3v) is 6.37. The van der Waals surface area contributed by atoms with Crippen molar-refractivity contribution in [1.29, 1.82) is 0 Å². The summed E-state index contributed by atoms with van der Waals surface area (Å²) in [4.78, 5) is 20.1. The Bertz CT molecular complexity index is 1070. The molecule has 1 atom stereocenters. The van der Waals surface area contributed by atoms with E-state index in [9.17, 15) is 4.79 Å². The Kier molecular flexibility index (Phi) is 6.29. The summed E-state index contributed by atoms with van der Waals surface area (Å²) in [5, 5.41) is 0.648. The average Bonchev–Trinajstić information content (AvgIpc) is 3.45. The summed E-state index contributed by atoms with van der Waals surface area (Å²) in [6, 6.07) is 9.44. The number of carbonyl (C=O) groups is 1. The number of hydrogen-bond acceptors (Lipinski definition) is 7. The molecule has 0 spiro atoms. The SMILES string of the molecule is COc1cc(C(=O)N(CC2CCCO2)c2nc3ccc(C)cc3s2)cc(OC)c1OC. The van der Waals surface area contributed by atoms with Crippen molar-refractivity contribution in [3.05, 3.63) is 41.5 Å². The molecule has 0 aliphatic carbocycles. The number of benzene rings is 2. The van der Waals surface area contributed by atoms with Crippen LogP contribution < -0.4 is 19.1 Å². The van der Waals surface area contributed by atoms with Crippen molar-refractivity contribution in [2.45, 2.75) is 25.9 Å². The van der Waals surface area contributed by atoms with Gasteiger partial charge in [0, 0.05) is 12.2 Å². The van der Waals surface area contributed by atoms with Gasteiger partial charge in [-0.2, -0.15) is 0 Å². The molecule has 0 saturated carbocycles. The number of fused-ring (bicyclic) bond motifs is 1. The second-order valence-electron chi connectivity index (χ2n) is 7.43. The van der Waals surface area contributed by atoms with Crippen LogP contribution in [0.1, 0.15) is 28.8 Å². The fourth-order valence-corrected chi connectivity index (χ4v) is 4.81. The highest BCUT2D eigenvalue weighted by atomic mass is 32.1. The highest BCUT2D eigenvalue weighted by Crippen LogP contribution is 2.39. The van der Waals surface area contributed by atoms with Crippen molar-refractivity contribution in [3.8, 4) is 17.2 Å². The van der Waals surface area contributed by atoms with Crippen molar-refractivity contribution in [2.24, 2.45) is 0 Å². The summed E-state index contributed by atoms with van der Waals surface area (Å²) in [6.07, 6.45) is 1.90. The van der Waals surface area contributed by atoms with Gasteiger partial charge in [-0.05, 0) is 49.6 Å². The predicted molar refractivity (Wildman–Crippen MR) is 121 cm³/mol. The molecule has 3 aromatic rings. The van der Waals surface area contributed by atoms with Crippen LogP contribution in [0.4, 0.5) is 5.13 Å². The van der Waals surface area contributed by atoms with Crippen LogP contribution in [0.25, 0.3) is 10.2 Å². The van der Waals surface area contributed by atoms with Crippen LogP contribution >= 0.6 is 11.3 Å². The molecule has 31 heavy (non-hydrogen) atoms. The van der Waals surface area contributed by atoms with Crippen LogP contribution in [0.15, 0.2) is 30.3 Å². The molecule has 0 radical (unpaired) electrons. The summed E-state index contributed by atoms with van der Waals surface area (Å²) in [5.74, 6) is 1.12. The molecule has 2 heterocycles. The summed E-state index contributed by atoms with van der Waals surface area (Å²) < 4.78 is 23.1. The van der Waals surface area contributed by atoms with E-state index >= 15 is 0 Å². The molecule has 1 aliphatic heterocycles. The van der Waals surface area contributed by atoms with Gasteiger partial charge in [-0.3, -0.25) is 9.69 Å². The molecule has 0 bridgehead atoms. The van der Waals surface area contributed by atoms with E-state index in [-0.39, 0.29) is 12.0 Å². The lowest BCUT2D eigenvalue weighted by molar-refractivity contribution is 0.0917. The van der Waals surface area contributed by atoms with Gasteiger partial charge in [-0.15, -0.1) is 0 Å². The van der Waals surface area contributed by atoms with E-state index in [1.54, 1.807) is 17.0 Å². The molecule has 1 amide bonds. The first kappa shape index (κ1) is 21.4. The van der Waals surface area contributed by atoms with Crippen molar-refractivity contribution in [1.82, 2.24) is 4.98 Å². The van der Waals surface area contributed by atoms with Crippen LogP contribution in [0.2, 0.25) is 0 Å². The highest BCUT2D eigenvalue weighted by molar-refractivity contribution is 7.22. The molecule has 8 heteroatoms. The minimum atomic E-state index is -0.189. The third-order valence-electron chi connectivity index (χ3n) is 5.33. The molecule has 0 N–H and O–H groups in total. The van der Waals surface area contributed by atoms with E-state index in [4.69, 9.17) is 23.9 Å². The number of thiazole rings is 1. The third kappa shape index (κ3) is 4.31. The van der Waals surface area contributed by atoms with Crippen LogP contribution in [0.3, 0.4) is 0 Å². The van der Waals surface area contributed by atoms with E-state index in [2.05, 4.69) is 6.07 Å². The standard InChI is InChI=1S/C23H26N2O5S/c1-14-7-8-17-20(10-14)31-23(24-17)25(13-16-6-5-9-30-16)22(26)15-11-18(27-2)21(29-4)19(12-15)28-3/h7-8,10-12,16H,5-6,9,13H2,1-4H3. The Labute approximate surface area is 185 Å². The first-order valence-corrected chi connectivity index (χ1v) is 11.0. The zero-order valence-electron chi connectivity index (χ0n) is 18.1. The quantitative estimate of drug-likeness (QED) is 0.538. The molecule has 1 aliphatic rings. The number of rotatable bonds is 7. The van der Waals surface area contributed by atoms with Crippen LogP contribution in [0, 0.1) is 6.92 Å². The lowest BCUT2D eigenvalue weighted by Crippen LogP contribution is -2.37. The van der Waals surface area contributed by atoms with Gasteiger partial charge in [0.2, 0.25) is 5.75 Å². The topological polar surface area (TPSA) is 70.1 Å². The van der Waals surface area contributed by atoms with Crippen molar-refractivity contribution in [3.63, 3.8) is 0 Å². The van der Waals surface area contributed by atoms with Gasteiger partial charge in [0.25, 0.3) is 5.91 Å². The van der Waals surface area contributed by atoms with E-state index in [0.29, 0.717) is 34.5 Å². The second-order valence-corrected chi connectivity index (χ2v) is 8.44. The minimum Gasteiger partial charge on any atom is -0.493 e. The maximum absolute atomic E-state index is 13.7. The average molecular weight is 443 g/mol. The van der Waals surface area contributed by atoms with E-state index in [0.717, 1.165) is 35.2 Å². The second kappa shape index (κ2) is 9.11. The minimum absolute atomic E-state index is 0.0141. The molecule has 7 nitrogen and oxygen atoms in total. The van der Waals surface area contributed by atoms with Gasteiger partial charge in [0.15, 0.2) is 16.6 Å². The number of anilines is 1. The van der Waals surface area contributed by atoms with Gasteiger partial charge in [-0.1, -0.05) is 17.4 Å². The molecular formula is C23H26N2O5S. The Morgan fingerprint density at radius 3 is 2.52 bits per heavy atom. The van der Waals surface area contributed by atoms with Crippen molar-refractivity contribution < 1.29 is 23.7 Å². The molecule has 1 fully saturated rings. The molecule has 1 unspecified atom stereocenters. The molecule has 4 rings (SSSR count). The maximum atomic E-state index is 13.7. The first-order valence-electron chi connectivity index (χ1n) is 10.1. The van der Waals surface area contributed by atoms with Crippen LogP contribution in [-0.4, -0.2) is 51.5 Å². The Hall–Kier alpha value is -2.84. The number of nitrogens with zero attached hydrogens (tertiary/aromatic N) is 2. The molecule has 1 aromatic heterocycles. The highest BCUT2D eigenvalue weighted by Gasteiger charge is 2.28. The fourth-order valence-electron chi connectivity index (χ4n) is 3.74. The monoisotopic (exact) mass is 442 g/mol. The van der Waals surface area contributed by atoms with Crippen LogP contribution in [-0.2, 0) is 4.74 Å². The first-order chi connectivity index (χ1) is 15.0. The number of hydrogen-bond donors (Lipinski definition) is 0. The van der Waals surface area contributed by atoms with E-state index < -0.39 is 0 Å². The van der Waals surface area contributed by atoms with Crippen LogP contribution in [0.5, 0.6) is 17.2 Å². The summed E-state index contributed by atoms with van der Waals surface area (Å²) in [5.41, 5.74) is 2.47. The fraction of sp³-hybridized carbons (Fsp3) is 0.391. The van der Waals surface area contributed by atoms with Gasteiger partial charge in [-0.25, -0.2) is 4.98 Å². The number of aromatic nitrogens is 1. The summed E-state index contributed by atoms with van der Waals surface area (Å²) in [7, 11) is 4.60. The Morgan fingerprint density at radius 1 is 1.16 bits per heavy atom. The predicted octanol–water partition coefficient (Wildman–Crippen LogP) is 4.46. The number of carbonyl (C=O) groups excluding carboxylic acids is 1. The largest absolute Gasteiger partial charge is 0.493 e. The Balaban J connectivity index is 1.76. The number of ether oxygens (including phenoxy) is 4. The number of amides is 1. The lowest BCUT2D eigenvalue weighted by Gasteiger charge is -2.24. The lowest BCUT2D eigenvalue weighted by atomic mass is 10.1. The van der Waals surface area contributed by atoms with Gasteiger partial charge >= 0.3 is 0 Å². The summed E-state index contributed by atoms with van der Waals surface area (Å²) in [6.45, 7) is 3.20.